The van der Waals surface area contributed by atoms with Gasteiger partial charge in [0.25, 0.3) is 5.91 Å². The van der Waals surface area contributed by atoms with E-state index in [-0.39, 0.29) is 24.2 Å². The van der Waals surface area contributed by atoms with Gasteiger partial charge in [-0.25, -0.2) is 19.2 Å². The highest BCUT2D eigenvalue weighted by Gasteiger charge is 2.45. The molecule has 1 aromatic carbocycles. The number of thiophene rings is 1. The number of carboxylic acid groups (broad SMARTS) is 1. The van der Waals surface area contributed by atoms with E-state index in [0.717, 1.165) is 8.63 Å². The van der Waals surface area contributed by atoms with Gasteiger partial charge in [-0.2, -0.15) is 0 Å². The number of hydrogen-bond donors (Lipinski definition) is 2. The molecule has 0 radical (unpaired) electrons. The maximum atomic E-state index is 14.4. The molecule has 1 amide bonds. The van der Waals surface area contributed by atoms with Crippen molar-refractivity contribution in [3.05, 3.63) is 51.5 Å². The second-order valence-corrected chi connectivity index (χ2v) is 8.94. The molecular weight excluding hydrogens is 512 g/mol. The smallest absolute Gasteiger partial charge is 0.338 e. The van der Waals surface area contributed by atoms with Crippen molar-refractivity contribution in [1.82, 2.24) is 10.0 Å². The summed E-state index contributed by atoms with van der Waals surface area (Å²) in [5.41, 5.74) is -0.968. The van der Waals surface area contributed by atoms with Crippen molar-refractivity contribution in [2.75, 3.05) is 11.9 Å². The number of carbonyl (C=O) groups excluding carboxylic acids is 1. The Morgan fingerprint density at radius 1 is 1.41 bits per heavy atom. The van der Waals surface area contributed by atoms with Gasteiger partial charge in [-0.05, 0) is 59.8 Å². The van der Waals surface area contributed by atoms with Gasteiger partial charge >= 0.3 is 5.97 Å². The van der Waals surface area contributed by atoms with Gasteiger partial charge < -0.3 is 10.4 Å². The Bertz CT molecular complexity index is 1140. The number of hydroxylamine groups is 2. The normalized spacial score (nSPS) is 18.9. The first-order chi connectivity index (χ1) is 13.8. The van der Waals surface area contributed by atoms with E-state index in [4.69, 9.17) is 4.84 Å². The Morgan fingerprint density at radius 3 is 2.90 bits per heavy atom. The number of fused-ring (bicyclic) bond motifs is 1. The van der Waals surface area contributed by atoms with Gasteiger partial charge in [0.2, 0.25) is 0 Å². The predicted molar refractivity (Wildman–Crippen MR) is 115 cm³/mol. The summed E-state index contributed by atoms with van der Waals surface area (Å²) in [6, 6.07) is 8.18. The van der Waals surface area contributed by atoms with Crippen LogP contribution >= 0.6 is 33.9 Å². The Hall–Kier alpha value is -2.31. The number of carboxylic acids is 1. The molecule has 3 heterocycles. The molecule has 150 valence electrons. The van der Waals surface area contributed by atoms with Crippen molar-refractivity contribution in [1.29, 1.82) is 0 Å². The second-order valence-electron chi connectivity index (χ2n) is 6.70. The van der Waals surface area contributed by atoms with Gasteiger partial charge in [0.15, 0.2) is 5.60 Å². The Labute approximate surface area is 182 Å². The fourth-order valence-electron chi connectivity index (χ4n) is 3.01. The summed E-state index contributed by atoms with van der Waals surface area (Å²) in [6.45, 7) is 1.56. The molecule has 1 aliphatic heterocycles. The predicted octanol–water partition coefficient (Wildman–Crippen LogP) is 4.40. The van der Waals surface area contributed by atoms with E-state index >= 15 is 0 Å². The average Bonchev–Trinajstić information content (AvgIpc) is 3.25. The van der Waals surface area contributed by atoms with Crippen LogP contribution in [0.5, 0.6) is 0 Å². The van der Waals surface area contributed by atoms with Crippen LogP contribution in [0.3, 0.4) is 0 Å². The maximum Gasteiger partial charge on any atom is 0.338 e. The Morgan fingerprint density at radius 2 is 2.21 bits per heavy atom. The van der Waals surface area contributed by atoms with E-state index in [1.807, 2.05) is 22.6 Å². The van der Waals surface area contributed by atoms with E-state index in [9.17, 15) is 19.1 Å². The molecule has 1 saturated heterocycles. The van der Waals surface area contributed by atoms with Crippen LogP contribution in [-0.4, -0.2) is 39.2 Å². The van der Waals surface area contributed by atoms with Gasteiger partial charge in [-0.15, -0.1) is 0 Å². The van der Waals surface area contributed by atoms with Crippen molar-refractivity contribution in [2.24, 2.45) is 0 Å². The molecule has 2 N–H and O–H groups in total. The van der Waals surface area contributed by atoms with Gasteiger partial charge in [-0.1, -0.05) is 11.3 Å². The summed E-state index contributed by atoms with van der Waals surface area (Å²) in [5, 5.41) is 14.4. The first-order valence-electron chi connectivity index (χ1n) is 8.62. The van der Waals surface area contributed by atoms with E-state index in [1.54, 1.807) is 30.5 Å². The number of rotatable bonds is 4. The zero-order valence-electron chi connectivity index (χ0n) is 15.1. The topological polar surface area (TPSA) is 91.8 Å². The standard InChI is InChI=1S/C19H15FIN3O4S/c1-19(18(26)27)6-8-24(28-19)17(25)14-11-3-2-7-22-15(11)29-16(14)23-13-5-4-10(21)9-12(13)20/h2-5,7,9,23H,6,8H2,1H3,(H,26,27). The van der Waals surface area contributed by atoms with Crippen molar-refractivity contribution < 1.29 is 23.9 Å². The minimum Gasteiger partial charge on any atom is -0.479 e. The quantitative estimate of drug-likeness (QED) is 0.489. The van der Waals surface area contributed by atoms with Gasteiger partial charge in [0.05, 0.1) is 17.8 Å². The van der Waals surface area contributed by atoms with Crippen LogP contribution in [0, 0.1) is 9.39 Å². The molecule has 1 aliphatic rings. The van der Waals surface area contributed by atoms with Gasteiger partial charge in [0.1, 0.15) is 15.6 Å². The molecule has 1 atom stereocenters. The van der Waals surface area contributed by atoms with Gasteiger partial charge in [-0.3, -0.25) is 9.63 Å². The molecule has 3 aromatic rings. The van der Waals surface area contributed by atoms with Gasteiger partial charge in [0, 0.05) is 21.6 Å². The van der Waals surface area contributed by atoms with Crippen molar-refractivity contribution in [2.45, 2.75) is 18.9 Å². The van der Waals surface area contributed by atoms with Crippen LogP contribution in [0.2, 0.25) is 0 Å². The number of aromatic nitrogens is 1. The molecule has 0 spiro atoms. The van der Waals surface area contributed by atoms with E-state index in [0.29, 0.717) is 15.2 Å². The monoisotopic (exact) mass is 527 g/mol. The molecule has 0 saturated carbocycles. The number of pyridine rings is 1. The fraction of sp³-hybridized carbons (Fsp3) is 0.211. The zero-order chi connectivity index (χ0) is 20.8. The molecule has 4 rings (SSSR count). The highest BCUT2D eigenvalue weighted by atomic mass is 127. The number of anilines is 2. The average molecular weight is 527 g/mol. The highest BCUT2D eigenvalue weighted by Crippen LogP contribution is 2.39. The van der Waals surface area contributed by atoms with Crippen LogP contribution in [-0.2, 0) is 9.63 Å². The molecular formula is C19H15FIN3O4S. The molecule has 2 aromatic heterocycles. The molecule has 29 heavy (non-hydrogen) atoms. The molecule has 1 fully saturated rings. The van der Waals surface area contributed by atoms with Crippen molar-refractivity contribution in [3.8, 4) is 0 Å². The first-order valence-corrected chi connectivity index (χ1v) is 10.5. The summed E-state index contributed by atoms with van der Waals surface area (Å²) < 4.78 is 15.1. The van der Waals surface area contributed by atoms with Crippen LogP contribution in [0.25, 0.3) is 10.2 Å². The van der Waals surface area contributed by atoms with Crippen LogP contribution in [0.4, 0.5) is 15.1 Å². The number of aliphatic carboxylic acids is 1. The third-order valence-corrected chi connectivity index (χ3v) is 6.34. The summed E-state index contributed by atoms with van der Waals surface area (Å²) in [6.07, 6.45) is 1.78. The minimum atomic E-state index is -1.46. The minimum absolute atomic E-state index is 0.135. The number of carbonyl (C=O) groups is 2. The third kappa shape index (κ3) is 3.67. The second kappa shape index (κ2) is 7.50. The van der Waals surface area contributed by atoms with E-state index < -0.39 is 23.3 Å². The third-order valence-electron chi connectivity index (χ3n) is 4.64. The number of hydrogen-bond acceptors (Lipinski definition) is 6. The zero-order valence-corrected chi connectivity index (χ0v) is 18.1. The van der Waals surface area contributed by atoms with Crippen LogP contribution in [0.1, 0.15) is 23.7 Å². The summed E-state index contributed by atoms with van der Waals surface area (Å²) in [4.78, 5) is 35.0. The first kappa shape index (κ1) is 20.0. The number of halogens is 2. The lowest BCUT2D eigenvalue weighted by atomic mass is 10.0. The van der Waals surface area contributed by atoms with Crippen molar-refractivity contribution >= 4 is 66.7 Å². The SMILES string of the molecule is CC1(C(=O)O)CCN(C(=O)c2c(Nc3ccc(I)cc3F)sc3ncccc23)O1. The highest BCUT2D eigenvalue weighted by molar-refractivity contribution is 14.1. The Balaban J connectivity index is 1.74. The lowest BCUT2D eigenvalue weighted by Crippen LogP contribution is -2.37. The molecule has 10 heteroatoms. The lowest BCUT2D eigenvalue weighted by Gasteiger charge is -2.20. The number of amides is 1. The van der Waals surface area contributed by atoms with E-state index in [2.05, 4.69) is 10.3 Å². The van der Waals surface area contributed by atoms with Crippen molar-refractivity contribution in [3.63, 3.8) is 0 Å². The number of nitrogens with one attached hydrogen (secondary N) is 1. The van der Waals surface area contributed by atoms with Crippen LogP contribution < -0.4 is 5.32 Å². The molecule has 0 aliphatic carbocycles. The summed E-state index contributed by atoms with van der Waals surface area (Å²) >= 11 is 3.23. The van der Waals surface area contributed by atoms with E-state index in [1.165, 1.54) is 24.3 Å². The number of nitrogens with zero attached hydrogens (tertiary/aromatic N) is 2. The molecule has 7 nitrogen and oxygen atoms in total. The summed E-state index contributed by atoms with van der Waals surface area (Å²) in [5.74, 6) is -2.08. The lowest BCUT2D eigenvalue weighted by molar-refractivity contribution is -0.189. The largest absolute Gasteiger partial charge is 0.479 e. The molecule has 0 bridgehead atoms. The molecule has 1 unspecified atom stereocenters. The number of benzene rings is 1. The fourth-order valence-corrected chi connectivity index (χ4v) is 4.51. The maximum absolute atomic E-state index is 14.4. The Kier molecular flexibility index (Phi) is 5.17. The van der Waals surface area contributed by atoms with Crippen LogP contribution in [0.15, 0.2) is 36.5 Å². The summed E-state index contributed by atoms with van der Waals surface area (Å²) in [7, 11) is 0.